The van der Waals surface area contributed by atoms with Gasteiger partial charge in [0.2, 0.25) is 5.91 Å². The van der Waals surface area contributed by atoms with Gasteiger partial charge in [-0.2, -0.15) is 0 Å². The lowest BCUT2D eigenvalue weighted by Gasteiger charge is -2.24. The van der Waals surface area contributed by atoms with Gasteiger partial charge in [0.25, 0.3) is 0 Å². The van der Waals surface area contributed by atoms with Gasteiger partial charge in [0.1, 0.15) is 0 Å². The van der Waals surface area contributed by atoms with Gasteiger partial charge >= 0.3 is 0 Å². The maximum atomic E-state index is 12.2. The first-order valence-electron chi connectivity index (χ1n) is 6.63. The molecular weight excluding hydrogens is 224 g/mol. The van der Waals surface area contributed by atoms with Crippen LogP contribution >= 0.6 is 0 Å². The molecule has 0 bridgehead atoms. The van der Waals surface area contributed by atoms with E-state index in [2.05, 4.69) is 17.6 Å². The monoisotopic (exact) mass is 248 g/mol. The van der Waals surface area contributed by atoms with Crippen molar-refractivity contribution in [3.05, 3.63) is 35.9 Å². The van der Waals surface area contributed by atoms with E-state index in [4.69, 9.17) is 0 Å². The first-order chi connectivity index (χ1) is 8.59. The summed E-state index contributed by atoms with van der Waals surface area (Å²) < 4.78 is 0. The van der Waals surface area contributed by atoms with Crippen LogP contribution in [0.15, 0.2) is 30.3 Å². The highest BCUT2D eigenvalue weighted by Crippen LogP contribution is 2.22. The molecule has 0 spiro atoms. The molecular formula is C15H24N2O. The average Bonchev–Trinajstić information content (AvgIpc) is 2.39. The normalized spacial score (nSPS) is 11.3. The molecule has 1 aromatic rings. The van der Waals surface area contributed by atoms with Crippen molar-refractivity contribution in [1.82, 2.24) is 10.6 Å². The number of hydrogen-bond donors (Lipinski definition) is 2. The Morgan fingerprint density at radius 2 is 1.83 bits per heavy atom. The first-order valence-corrected chi connectivity index (χ1v) is 6.63. The van der Waals surface area contributed by atoms with Gasteiger partial charge in [-0.25, -0.2) is 0 Å². The summed E-state index contributed by atoms with van der Waals surface area (Å²) in [6.45, 7) is 8.65. The lowest BCUT2D eigenvalue weighted by Crippen LogP contribution is -2.41. The minimum atomic E-state index is -0.473. The van der Waals surface area contributed by atoms with Crippen molar-refractivity contribution in [1.29, 1.82) is 0 Å². The van der Waals surface area contributed by atoms with Crippen molar-refractivity contribution >= 4 is 5.91 Å². The van der Waals surface area contributed by atoms with E-state index in [1.807, 2.05) is 44.2 Å². The fourth-order valence-corrected chi connectivity index (χ4v) is 1.80. The van der Waals surface area contributed by atoms with E-state index in [1.54, 1.807) is 0 Å². The van der Waals surface area contributed by atoms with Gasteiger partial charge in [0.15, 0.2) is 0 Å². The molecule has 2 N–H and O–H groups in total. The SMILES string of the molecule is CCNCCCNC(=O)C(C)(C)c1ccccc1. The Morgan fingerprint density at radius 3 is 2.44 bits per heavy atom. The second kappa shape index (κ2) is 7.17. The molecule has 18 heavy (non-hydrogen) atoms. The van der Waals surface area contributed by atoms with Crippen molar-refractivity contribution in [2.45, 2.75) is 32.6 Å². The molecule has 3 heteroatoms. The molecule has 0 aliphatic carbocycles. The van der Waals surface area contributed by atoms with E-state index in [0.29, 0.717) is 0 Å². The summed E-state index contributed by atoms with van der Waals surface area (Å²) >= 11 is 0. The molecule has 0 unspecified atom stereocenters. The number of hydrogen-bond acceptors (Lipinski definition) is 2. The van der Waals surface area contributed by atoms with Crippen LogP contribution < -0.4 is 10.6 Å². The molecule has 0 saturated carbocycles. The molecule has 0 heterocycles. The molecule has 1 aromatic carbocycles. The van der Waals surface area contributed by atoms with E-state index >= 15 is 0 Å². The summed E-state index contributed by atoms with van der Waals surface area (Å²) in [7, 11) is 0. The number of benzene rings is 1. The van der Waals surface area contributed by atoms with Crippen molar-refractivity contribution in [3.63, 3.8) is 0 Å². The van der Waals surface area contributed by atoms with Gasteiger partial charge in [-0.15, -0.1) is 0 Å². The van der Waals surface area contributed by atoms with Crippen LogP contribution in [0.3, 0.4) is 0 Å². The number of rotatable bonds is 7. The van der Waals surface area contributed by atoms with E-state index < -0.39 is 5.41 Å². The fourth-order valence-electron chi connectivity index (χ4n) is 1.80. The Bertz CT molecular complexity index is 360. The molecule has 1 rings (SSSR count). The summed E-state index contributed by atoms with van der Waals surface area (Å²) in [4.78, 5) is 12.2. The smallest absolute Gasteiger partial charge is 0.230 e. The summed E-state index contributed by atoms with van der Waals surface area (Å²) in [5.74, 6) is 0.0881. The van der Waals surface area contributed by atoms with E-state index in [9.17, 15) is 4.79 Å². The Kier molecular flexibility index (Phi) is 5.86. The number of carbonyl (C=O) groups excluding carboxylic acids is 1. The minimum Gasteiger partial charge on any atom is -0.355 e. The molecule has 1 amide bonds. The molecule has 0 aliphatic rings. The Morgan fingerprint density at radius 1 is 1.17 bits per heavy atom. The van der Waals surface area contributed by atoms with Gasteiger partial charge in [0, 0.05) is 6.54 Å². The molecule has 0 atom stereocenters. The second-order valence-corrected chi connectivity index (χ2v) is 4.95. The lowest BCUT2D eigenvalue weighted by molar-refractivity contribution is -0.125. The maximum absolute atomic E-state index is 12.2. The average molecular weight is 248 g/mol. The number of carbonyl (C=O) groups is 1. The van der Waals surface area contributed by atoms with Crippen LogP contribution in [0, 0.1) is 0 Å². The molecule has 100 valence electrons. The van der Waals surface area contributed by atoms with Crippen LogP contribution in [0.4, 0.5) is 0 Å². The third-order valence-electron chi connectivity index (χ3n) is 3.13. The van der Waals surface area contributed by atoms with Crippen LogP contribution in [0.1, 0.15) is 32.8 Å². The van der Waals surface area contributed by atoms with Crippen LogP contribution in [0.25, 0.3) is 0 Å². The van der Waals surface area contributed by atoms with E-state index in [1.165, 1.54) is 0 Å². The summed E-state index contributed by atoms with van der Waals surface area (Å²) in [6, 6.07) is 9.90. The van der Waals surface area contributed by atoms with Crippen LogP contribution in [-0.2, 0) is 10.2 Å². The molecule has 0 fully saturated rings. The van der Waals surface area contributed by atoms with Crippen LogP contribution in [-0.4, -0.2) is 25.5 Å². The summed E-state index contributed by atoms with van der Waals surface area (Å²) in [5.41, 5.74) is 0.577. The minimum absolute atomic E-state index is 0.0881. The van der Waals surface area contributed by atoms with Crippen molar-refractivity contribution < 1.29 is 4.79 Å². The van der Waals surface area contributed by atoms with E-state index in [-0.39, 0.29) is 5.91 Å². The van der Waals surface area contributed by atoms with Gasteiger partial charge in [-0.05, 0) is 38.9 Å². The molecule has 0 saturated heterocycles. The summed E-state index contributed by atoms with van der Waals surface area (Å²) in [6.07, 6.45) is 0.963. The topological polar surface area (TPSA) is 41.1 Å². The zero-order valence-electron chi connectivity index (χ0n) is 11.6. The third-order valence-corrected chi connectivity index (χ3v) is 3.13. The number of amides is 1. The van der Waals surface area contributed by atoms with Gasteiger partial charge in [-0.3, -0.25) is 4.79 Å². The van der Waals surface area contributed by atoms with Crippen molar-refractivity contribution in [2.75, 3.05) is 19.6 Å². The van der Waals surface area contributed by atoms with Gasteiger partial charge in [-0.1, -0.05) is 37.3 Å². The first kappa shape index (κ1) is 14.7. The van der Waals surface area contributed by atoms with Crippen LogP contribution in [0.2, 0.25) is 0 Å². The number of nitrogens with one attached hydrogen (secondary N) is 2. The van der Waals surface area contributed by atoms with E-state index in [0.717, 1.165) is 31.6 Å². The third kappa shape index (κ3) is 4.15. The highest BCUT2D eigenvalue weighted by Gasteiger charge is 2.28. The Labute approximate surface area is 110 Å². The quantitative estimate of drug-likeness (QED) is 0.725. The highest BCUT2D eigenvalue weighted by molar-refractivity contribution is 5.87. The maximum Gasteiger partial charge on any atom is 0.230 e. The zero-order chi connectivity index (χ0) is 13.4. The standard InChI is InChI=1S/C15H24N2O/c1-4-16-11-8-12-17-14(18)15(2,3)13-9-6-5-7-10-13/h5-7,9-10,16H,4,8,11-12H2,1-3H3,(H,17,18). The summed E-state index contributed by atoms with van der Waals surface area (Å²) in [5, 5.41) is 6.24. The van der Waals surface area contributed by atoms with Gasteiger partial charge in [0.05, 0.1) is 5.41 Å². The van der Waals surface area contributed by atoms with Gasteiger partial charge < -0.3 is 10.6 Å². The lowest BCUT2D eigenvalue weighted by atomic mass is 9.84. The zero-order valence-corrected chi connectivity index (χ0v) is 11.6. The Balaban J connectivity index is 2.45. The predicted molar refractivity (Wildman–Crippen MR) is 75.6 cm³/mol. The fraction of sp³-hybridized carbons (Fsp3) is 0.533. The Hall–Kier alpha value is -1.35. The van der Waals surface area contributed by atoms with Crippen molar-refractivity contribution in [2.24, 2.45) is 0 Å². The molecule has 0 aliphatic heterocycles. The van der Waals surface area contributed by atoms with Crippen LogP contribution in [0.5, 0.6) is 0 Å². The molecule has 3 nitrogen and oxygen atoms in total. The highest BCUT2D eigenvalue weighted by atomic mass is 16.2. The molecule has 0 aromatic heterocycles. The van der Waals surface area contributed by atoms with Crippen molar-refractivity contribution in [3.8, 4) is 0 Å². The molecule has 0 radical (unpaired) electrons. The second-order valence-electron chi connectivity index (χ2n) is 4.95. The predicted octanol–water partition coefficient (Wildman–Crippen LogP) is 2.08. The largest absolute Gasteiger partial charge is 0.355 e.